The highest BCUT2D eigenvalue weighted by molar-refractivity contribution is 5.80. The first-order chi connectivity index (χ1) is 16.2. The van der Waals surface area contributed by atoms with Crippen molar-refractivity contribution in [2.24, 2.45) is 0 Å². The maximum Gasteiger partial charge on any atom is 0.222 e. The van der Waals surface area contributed by atoms with Gasteiger partial charge in [-0.3, -0.25) is 19.8 Å². The van der Waals surface area contributed by atoms with Crippen LogP contribution in [-0.4, -0.2) is 61.5 Å². The Morgan fingerprint density at radius 2 is 2.06 bits per heavy atom. The summed E-state index contributed by atoms with van der Waals surface area (Å²) in [6.45, 7) is 3.47. The van der Waals surface area contributed by atoms with Crippen LogP contribution in [0.4, 0.5) is 0 Å². The van der Waals surface area contributed by atoms with Crippen LogP contribution in [0.15, 0.2) is 60.9 Å². The van der Waals surface area contributed by atoms with Crippen molar-refractivity contribution in [3.63, 3.8) is 0 Å². The Kier molecular flexibility index (Phi) is 4.99. The molecular formula is C25H24N6O2. The quantitative estimate of drug-likeness (QED) is 0.510. The SMILES string of the molecule is O=C1CCC2CN(Cc3ccc4cc(Oc5ccc(-c6ccn[nH]6)cn5)ccc4n3)CCN12. The zero-order valence-electron chi connectivity index (χ0n) is 18.1. The Morgan fingerprint density at radius 3 is 2.91 bits per heavy atom. The van der Waals surface area contributed by atoms with E-state index in [4.69, 9.17) is 9.72 Å². The summed E-state index contributed by atoms with van der Waals surface area (Å²) < 4.78 is 5.95. The standard InChI is InChI=1S/C25H24N6O2/c32-25-8-4-20-16-30(11-12-31(20)25)15-19-3-1-17-13-21(5-6-22(17)28-19)33-24-7-2-18(14-26-24)23-9-10-27-29-23/h1-3,5-7,9-10,13-14,20H,4,8,11-12,15-16H2,(H,27,29). The van der Waals surface area contributed by atoms with Crippen LogP contribution in [0.1, 0.15) is 18.5 Å². The molecular weight excluding hydrogens is 416 g/mol. The predicted octanol–water partition coefficient (Wildman–Crippen LogP) is 3.62. The van der Waals surface area contributed by atoms with Gasteiger partial charge in [0.15, 0.2) is 0 Å². The maximum atomic E-state index is 11.9. The summed E-state index contributed by atoms with van der Waals surface area (Å²) in [5.41, 5.74) is 3.86. The fourth-order valence-corrected chi connectivity index (χ4v) is 4.74. The van der Waals surface area contributed by atoms with E-state index in [1.165, 1.54) is 0 Å². The van der Waals surface area contributed by atoms with E-state index in [1.807, 2.05) is 41.3 Å². The molecule has 4 aromatic rings. The molecule has 2 aliphatic rings. The summed E-state index contributed by atoms with van der Waals surface area (Å²) in [5.74, 6) is 1.57. The van der Waals surface area contributed by atoms with E-state index >= 15 is 0 Å². The first-order valence-corrected chi connectivity index (χ1v) is 11.3. The number of fused-ring (bicyclic) bond motifs is 2. The second kappa shape index (κ2) is 8.29. The molecule has 2 saturated heterocycles. The van der Waals surface area contributed by atoms with E-state index in [9.17, 15) is 4.79 Å². The average molecular weight is 441 g/mol. The number of aromatic amines is 1. The van der Waals surface area contributed by atoms with Crippen LogP contribution < -0.4 is 4.74 Å². The molecule has 1 unspecified atom stereocenters. The van der Waals surface area contributed by atoms with Crippen LogP contribution in [-0.2, 0) is 11.3 Å². The predicted molar refractivity (Wildman–Crippen MR) is 124 cm³/mol. The molecule has 8 nitrogen and oxygen atoms in total. The molecule has 2 aliphatic heterocycles. The lowest BCUT2D eigenvalue weighted by Gasteiger charge is -2.37. The number of carbonyl (C=O) groups excluding carboxylic acids is 1. The molecule has 0 bridgehead atoms. The summed E-state index contributed by atoms with van der Waals surface area (Å²) in [4.78, 5) is 25.6. The van der Waals surface area contributed by atoms with Crippen LogP contribution in [0.3, 0.4) is 0 Å². The molecule has 1 aromatic carbocycles. The Bertz CT molecular complexity index is 1290. The molecule has 5 heterocycles. The Morgan fingerprint density at radius 1 is 1.09 bits per heavy atom. The van der Waals surface area contributed by atoms with Gasteiger partial charge in [-0.15, -0.1) is 0 Å². The van der Waals surface area contributed by atoms with Gasteiger partial charge in [0.25, 0.3) is 0 Å². The molecule has 1 amide bonds. The van der Waals surface area contributed by atoms with Crippen LogP contribution in [0, 0.1) is 0 Å². The molecule has 3 aromatic heterocycles. The topological polar surface area (TPSA) is 87.2 Å². The van der Waals surface area contributed by atoms with Gasteiger partial charge in [0, 0.05) is 68.1 Å². The smallest absolute Gasteiger partial charge is 0.222 e. The van der Waals surface area contributed by atoms with Crippen molar-refractivity contribution >= 4 is 16.8 Å². The summed E-state index contributed by atoms with van der Waals surface area (Å²) in [6, 6.07) is 16.1. The lowest BCUT2D eigenvalue weighted by molar-refractivity contribution is -0.130. The number of benzene rings is 1. The third-order valence-electron chi connectivity index (χ3n) is 6.45. The highest BCUT2D eigenvalue weighted by Gasteiger charge is 2.35. The highest BCUT2D eigenvalue weighted by Crippen LogP contribution is 2.27. The van der Waals surface area contributed by atoms with Crippen molar-refractivity contribution in [3.8, 4) is 22.9 Å². The number of hydrogen-bond donors (Lipinski definition) is 1. The van der Waals surface area contributed by atoms with Crippen LogP contribution in [0.2, 0.25) is 0 Å². The molecule has 1 atom stereocenters. The third-order valence-corrected chi connectivity index (χ3v) is 6.45. The lowest BCUT2D eigenvalue weighted by atomic mass is 10.1. The van der Waals surface area contributed by atoms with Gasteiger partial charge in [-0.2, -0.15) is 5.10 Å². The molecule has 33 heavy (non-hydrogen) atoms. The van der Waals surface area contributed by atoms with Crippen LogP contribution in [0.5, 0.6) is 11.6 Å². The minimum absolute atomic E-state index is 0.311. The summed E-state index contributed by atoms with van der Waals surface area (Å²) in [5, 5.41) is 7.92. The number of piperazine rings is 1. The number of nitrogens with one attached hydrogen (secondary N) is 1. The number of ether oxygens (including phenoxy) is 1. The van der Waals surface area contributed by atoms with Gasteiger partial charge in [0.1, 0.15) is 5.75 Å². The number of rotatable bonds is 5. The zero-order chi connectivity index (χ0) is 22.2. The fourth-order valence-electron chi connectivity index (χ4n) is 4.74. The van der Waals surface area contributed by atoms with Crippen molar-refractivity contribution in [2.45, 2.75) is 25.4 Å². The first kappa shape index (κ1) is 19.9. The highest BCUT2D eigenvalue weighted by atomic mass is 16.5. The van der Waals surface area contributed by atoms with Crippen molar-refractivity contribution in [1.82, 2.24) is 30.0 Å². The third kappa shape index (κ3) is 4.05. The van der Waals surface area contributed by atoms with Gasteiger partial charge < -0.3 is 9.64 Å². The van der Waals surface area contributed by atoms with E-state index in [2.05, 4.69) is 32.2 Å². The summed E-state index contributed by atoms with van der Waals surface area (Å²) in [6.07, 6.45) is 5.15. The van der Waals surface area contributed by atoms with Crippen molar-refractivity contribution < 1.29 is 9.53 Å². The molecule has 0 radical (unpaired) electrons. The second-order valence-electron chi connectivity index (χ2n) is 8.63. The number of carbonyl (C=O) groups is 1. The lowest BCUT2D eigenvalue weighted by Crippen LogP contribution is -2.51. The molecule has 0 spiro atoms. The number of H-pyrrole nitrogens is 1. The fraction of sp³-hybridized carbons (Fsp3) is 0.280. The molecule has 0 aliphatic carbocycles. The monoisotopic (exact) mass is 440 g/mol. The Labute approximate surface area is 191 Å². The minimum atomic E-state index is 0.311. The van der Waals surface area contributed by atoms with Crippen molar-refractivity contribution in [2.75, 3.05) is 19.6 Å². The Hall–Kier alpha value is -3.78. The van der Waals surface area contributed by atoms with Gasteiger partial charge in [-0.1, -0.05) is 6.07 Å². The largest absolute Gasteiger partial charge is 0.439 e. The molecule has 1 N–H and O–H groups in total. The maximum absolute atomic E-state index is 11.9. The first-order valence-electron chi connectivity index (χ1n) is 11.3. The van der Waals surface area contributed by atoms with Gasteiger partial charge >= 0.3 is 0 Å². The minimum Gasteiger partial charge on any atom is -0.439 e. The van der Waals surface area contributed by atoms with E-state index < -0.39 is 0 Å². The average Bonchev–Trinajstić information content (AvgIpc) is 3.50. The molecule has 0 saturated carbocycles. The molecule has 8 heteroatoms. The number of aromatic nitrogens is 4. The molecule has 6 rings (SSSR count). The normalized spacial score (nSPS) is 18.6. The van der Waals surface area contributed by atoms with Crippen molar-refractivity contribution in [3.05, 3.63) is 66.6 Å². The summed E-state index contributed by atoms with van der Waals surface area (Å²) in [7, 11) is 0. The number of hydrogen-bond acceptors (Lipinski definition) is 6. The summed E-state index contributed by atoms with van der Waals surface area (Å²) >= 11 is 0. The van der Waals surface area contributed by atoms with Gasteiger partial charge in [-0.05, 0) is 42.8 Å². The van der Waals surface area contributed by atoms with Gasteiger partial charge in [-0.25, -0.2) is 4.98 Å². The van der Waals surface area contributed by atoms with Crippen LogP contribution in [0.25, 0.3) is 22.2 Å². The zero-order valence-corrected chi connectivity index (χ0v) is 18.1. The second-order valence-corrected chi connectivity index (χ2v) is 8.63. The van der Waals surface area contributed by atoms with Gasteiger partial charge in [0.05, 0.1) is 16.9 Å². The molecule has 2 fully saturated rings. The van der Waals surface area contributed by atoms with Gasteiger partial charge in [0.2, 0.25) is 11.8 Å². The van der Waals surface area contributed by atoms with E-state index in [-0.39, 0.29) is 0 Å². The van der Waals surface area contributed by atoms with E-state index in [0.29, 0.717) is 24.2 Å². The Balaban J connectivity index is 1.13. The number of amides is 1. The molecule has 166 valence electrons. The number of pyridine rings is 2. The van der Waals surface area contributed by atoms with E-state index in [1.54, 1.807) is 12.4 Å². The van der Waals surface area contributed by atoms with E-state index in [0.717, 1.165) is 66.2 Å². The number of nitrogens with zero attached hydrogens (tertiary/aromatic N) is 5. The van der Waals surface area contributed by atoms with Crippen molar-refractivity contribution in [1.29, 1.82) is 0 Å². The van der Waals surface area contributed by atoms with Crippen LogP contribution >= 0.6 is 0 Å².